The molecule has 3 N–H and O–H groups in total. The summed E-state index contributed by atoms with van der Waals surface area (Å²) >= 11 is 0. The van der Waals surface area contributed by atoms with Gasteiger partial charge in [-0.05, 0) is 38.5 Å². The smallest absolute Gasteiger partial charge is 0.236 e. The Morgan fingerprint density at radius 3 is 3.06 bits per heavy atom. The van der Waals surface area contributed by atoms with E-state index in [0.717, 1.165) is 32.3 Å². The summed E-state index contributed by atoms with van der Waals surface area (Å²) in [6.45, 7) is 2.16. The standard InChI is InChI=1S/C13H26N2O3/c1-17-9-4-6-12(14)13(16)15-8-7-11-5-2-3-10-18-11/h11-12H,2-10,14H2,1H3,(H,15,16). The molecular weight excluding hydrogens is 232 g/mol. The quantitative estimate of drug-likeness (QED) is 0.632. The molecule has 0 bridgehead atoms. The van der Waals surface area contributed by atoms with Gasteiger partial charge in [-0.15, -0.1) is 0 Å². The maximum Gasteiger partial charge on any atom is 0.236 e. The molecule has 0 aromatic heterocycles. The van der Waals surface area contributed by atoms with E-state index in [0.29, 0.717) is 25.7 Å². The maximum absolute atomic E-state index is 11.7. The van der Waals surface area contributed by atoms with Gasteiger partial charge < -0.3 is 20.5 Å². The average molecular weight is 258 g/mol. The number of hydrogen-bond donors (Lipinski definition) is 2. The lowest BCUT2D eigenvalue weighted by molar-refractivity contribution is -0.122. The van der Waals surface area contributed by atoms with Gasteiger partial charge in [0.15, 0.2) is 0 Å². The Kier molecular flexibility index (Phi) is 7.96. The molecule has 0 radical (unpaired) electrons. The van der Waals surface area contributed by atoms with Crippen molar-refractivity contribution < 1.29 is 14.3 Å². The van der Waals surface area contributed by atoms with Gasteiger partial charge in [-0.2, -0.15) is 0 Å². The van der Waals surface area contributed by atoms with E-state index in [9.17, 15) is 4.79 Å². The highest BCUT2D eigenvalue weighted by Crippen LogP contribution is 2.14. The van der Waals surface area contributed by atoms with E-state index in [-0.39, 0.29) is 5.91 Å². The summed E-state index contributed by atoms with van der Waals surface area (Å²) in [5.41, 5.74) is 5.78. The molecule has 5 nitrogen and oxygen atoms in total. The van der Waals surface area contributed by atoms with Crippen molar-refractivity contribution in [2.75, 3.05) is 26.9 Å². The zero-order valence-corrected chi connectivity index (χ0v) is 11.3. The normalized spacial score (nSPS) is 21.6. The number of methoxy groups -OCH3 is 1. The van der Waals surface area contributed by atoms with Crippen LogP contribution in [0, 0.1) is 0 Å². The van der Waals surface area contributed by atoms with Crippen molar-refractivity contribution in [1.82, 2.24) is 5.32 Å². The molecule has 0 aromatic carbocycles. The highest BCUT2D eigenvalue weighted by atomic mass is 16.5. The van der Waals surface area contributed by atoms with Crippen LogP contribution in [-0.2, 0) is 14.3 Å². The largest absolute Gasteiger partial charge is 0.385 e. The molecule has 5 heteroatoms. The second-order valence-corrected chi connectivity index (χ2v) is 4.81. The molecule has 0 aromatic rings. The van der Waals surface area contributed by atoms with Crippen LogP contribution >= 0.6 is 0 Å². The Morgan fingerprint density at radius 1 is 1.56 bits per heavy atom. The van der Waals surface area contributed by atoms with Gasteiger partial charge in [0.25, 0.3) is 0 Å². The molecule has 2 atom stereocenters. The molecule has 18 heavy (non-hydrogen) atoms. The first-order chi connectivity index (χ1) is 8.74. The summed E-state index contributed by atoms with van der Waals surface area (Å²) < 4.78 is 10.5. The predicted octanol–water partition coefficient (Wildman–Crippen LogP) is 0.816. The second-order valence-electron chi connectivity index (χ2n) is 4.81. The zero-order valence-electron chi connectivity index (χ0n) is 11.3. The van der Waals surface area contributed by atoms with Gasteiger partial charge in [-0.3, -0.25) is 4.79 Å². The van der Waals surface area contributed by atoms with Crippen molar-refractivity contribution in [1.29, 1.82) is 0 Å². The number of ether oxygens (including phenoxy) is 2. The first kappa shape index (κ1) is 15.4. The molecule has 0 saturated carbocycles. The summed E-state index contributed by atoms with van der Waals surface area (Å²) in [4.78, 5) is 11.7. The lowest BCUT2D eigenvalue weighted by Gasteiger charge is -2.22. The van der Waals surface area contributed by atoms with Crippen molar-refractivity contribution >= 4 is 5.91 Å². The van der Waals surface area contributed by atoms with Crippen LogP contribution in [0.3, 0.4) is 0 Å². The number of rotatable bonds is 8. The molecule has 1 saturated heterocycles. The minimum absolute atomic E-state index is 0.0677. The Morgan fingerprint density at radius 2 is 2.39 bits per heavy atom. The Balaban J connectivity index is 2.04. The average Bonchev–Trinajstić information content (AvgIpc) is 2.40. The van der Waals surface area contributed by atoms with Crippen LogP contribution in [0.5, 0.6) is 0 Å². The van der Waals surface area contributed by atoms with Gasteiger partial charge in [0.2, 0.25) is 5.91 Å². The topological polar surface area (TPSA) is 73.6 Å². The van der Waals surface area contributed by atoms with Crippen LogP contribution < -0.4 is 11.1 Å². The van der Waals surface area contributed by atoms with Gasteiger partial charge >= 0.3 is 0 Å². The minimum atomic E-state index is -0.424. The molecule has 1 heterocycles. The molecule has 0 spiro atoms. The highest BCUT2D eigenvalue weighted by molar-refractivity contribution is 5.81. The van der Waals surface area contributed by atoms with E-state index < -0.39 is 6.04 Å². The summed E-state index contributed by atoms with van der Waals surface area (Å²) in [6.07, 6.45) is 6.18. The first-order valence-electron chi connectivity index (χ1n) is 6.88. The third kappa shape index (κ3) is 6.33. The molecule has 0 aliphatic carbocycles. The van der Waals surface area contributed by atoms with Gasteiger partial charge in [-0.1, -0.05) is 0 Å². The summed E-state index contributed by atoms with van der Waals surface area (Å²) in [5, 5.41) is 2.87. The van der Waals surface area contributed by atoms with Crippen LogP contribution in [0.1, 0.15) is 38.5 Å². The molecule has 1 rings (SSSR count). The third-order valence-electron chi connectivity index (χ3n) is 3.24. The SMILES string of the molecule is COCCCC(N)C(=O)NCCC1CCCCO1. The Labute approximate surface area is 109 Å². The van der Waals surface area contributed by atoms with Crippen molar-refractivity contribution in [3.63, 3.8) is 0 Å². The van der Waals surface area contributed by atoms with Gasteiger partial charge in [0.1, 0.15) is 0 Å². The van der Waals surface area contributed by atoms with Crippen LogP contribution in [0.25, 0.3) is 0 Å². The minimum Gasteiger partial charge on any atom is -0.385 e. The lowest BCUT2D eigenvalue weighted by atomic mass is 10.1. The predicted molar refractivity (Wildman–Crippen MR) is 70.3 cm³/mol. The lowest BCUT2D eigenvalue weighted by Crippen LogP contribution is -2.41. The molecule has 106 valence electrons. The third-order valence-corrected chi connectivity index (χ3v) is 3.24. The fourth-order valence-electron chi connectivity index (χ4n) is 2.10. The molecular formula is C13H26N2O3. The summed E-state index contributed by atoms with van der Waals surface area (Å²) in [7, 11) is 1.65. The fraction of sp³-hybridized carbons (Fsp3) is 0.923. The van der Waals surface area contributed by atoms with Crippen molar-refractivity contribution in [2.24, 2.45) is 5.73 Å². The zero-order chi connectivity index (χ0) is 13.2. The number of carbonyl (C=O) groups excluding carboxylic acids is 1. The molecule has 2 unspecified atom stereocenters. The number of amides is 1. The Bertz CT molecular complexity index is 230. The number of nitrogens with one attached hydrogen (secondary N) is 1. The van der Waals surface area contributed by atoms with Crippen molar-refractivity contribution in [3.05, 3.63) is 0 Å². The monoisotopic (exact) mass is 258 g/mol. The van der Waals surface area contributed by atoms with E-state index in [2.05, 4.69) is 5.32 Å². The van der Waals surface area contributed by atoms with Crippen LogP contribution in [-0.4, -0.2) is 44.9 Å². The van der Waals surface area contributed by atoms with Gasteiger partial charge in [0, 0.05) is 26.9 Å². The van der Waals surface area contributed by atoms with E-state index in [1.54, 1.807) is 7.11 Å². The van der Waals surface area contributed by atoms with E-state index in [4.69, 9.17) is 15.2 Å². The van der Waals surface area contributed by atoms with Crippen LogP contribution in [0.15, 0.2) is 0 Å². The van der Waals surface area contributed by atoms with E-state index in [1.807, 2.05) is 0 Å². The van der Waals surface area contributed by atoms with Gasteiger partial charge in [-0.25, -0.2) is 0 Å². The highest BCUT2D eigenvalue weighted by Gasteiger charge is 2.15. The molecule has 1 aliphatic heterocycles. The van der Waals surface area contributed by atoms with Gasteiger partial charge in [0.05, 0.1) is 12.1 Å². The molecule has 1 aliphatic rings. The number of nitrogens with two attached hydrogens (primary N) is 1. The van der Waals surface area contributed by atoms with E-state index in [1.165, 1.54) is 6.42 Å². The number of carbonyl (C=O) groups is 1. The molecule has 1 fully saturated rings. The van der Waals surface area contributed by atoms with Crippen LogP contribution in [0.4, 0.5) is 0 Å². The van der Waals surface area contributed by atoms with Crippen molar-refractivity contribution in [3.8, 4) is 0 Å². The second kappa shape index (κ2) is 9.30. The van der Waals surface area contributed by atoms with Crippen molar-refractivity contribution in [2.45, 2.75) is 50.7 Å². The number of hydrogen-bond acceptors (Lipinski definition) is 4. The van der Waals surface area contributed by atoms with Crippen LogP contribution in [0.2, 0.25) is 0 Å². The summed E-state index contributed by atoms with van der Waals surface area (Å²) in [6, 6.07) is -0.424. The summed E-state index contributed by atoms with van der Waals surface area (Å²) in [5.74, 6) is -0.0677. The maximum atomic E-state index is 11.7. The molecule has 1 amide bonds. The first-order valence-corrected chi connectivity index (χ1v) is 6.88. The Hall–Kier alpha value is -0.650. The fourth-order valence-corrected chi connectivity index (χ4v) is 2.10. The van der Waals surface area contributed by atoms with E-state index >= 15 is 0 Å².